The maximum absolute atomic E-state index is 12.8. The average molecular weight is 381 g/mol. The van der Waals surface area contributed by atoms with Gasteiger partial charge in [-0.05, 0) is 18.2 Å². The molecule has 2 aromatic heterocycles. The minimum Gasteiger partial charge on any atom is -0.335 e. The largest absolute Gasteiger partial charge is 0.335 e. The minimum atomic E-state index is -0.402. The lowest BCUT2D eigenvalue weighted by Crippen LogP contribution is -2.27. The second kappa shape index (κ2) is 7.05. The van der Waals surface area contributed by atoms with Crippen LogP contribution in [0.25, 0.3) is 22.4 Å². The zero-order chi connectivity index (χ0) is 18.8. The van der Waals surface area contributed by atoms with Crippen molar-refractivity contribution < 1.29 is 9.32 Å². The number of fused-ring (bicyclic) bond motifs is 1. The minimum absolute atomic E-state index is 0.130. The second-order valence-corrected chi connectivity index (χ2v) is 6.25. The van der Waals surface area contributed by atoms with Gasteiger partial charge in [0.1, 0.15) is 24.0 Å². The maximum atomic E-state index is 12.8. The highest BCUT2D eigenvalue weighted by Crippen LogP contribution is 2.23. The fourth-order valence-electron chi connectivity index (χ4n) is 2.71. The molecule has 0 aliphatic carbocycles. The fraction of sp³-hybridized carbons (Fsp3) is 0.0526. The SMILES string of the molecule is O=C(Cn1cnc2onc(-c3ccccc3)c2c1=O)Nc1cccc(Cl)c1. The van der Waals surface area contributed by atoms with Gasteiger partial charge >= 0.3 is 0 Å². The molecule has 1 amide bonds. The molecule has 0 bridgehead atoms. The van der Waals surface area contributed by atoms with Crippen molar-refractivity contribution >= 4 is 34.3 Å². The summed E-state index contributed by atoms with van der Waals surface area (Å²) in [5, 5.41) is 7.39. The van der Waals surface area contributed by atoms with Gasteiger partial charge in [-0.15, -0.1) is 0 Å². The number of benzene rings is 2. The molecule has 2 aromatic carbocycles. The second-order valence-electron chi connectivity index (χ2n) is 5.81. The quantitative estimate of drug-likeness (QED) is 0.586. The molecule has 134 valence electrons. The standard InChI is InChI=1S/C19H13ClN4O3/c20-13-7-4-8-14(9-13)22-15(25)10-24-11-21-18-16(19(24)26)17(23-27-18)12-5-2-1-3-6-12/h1-9,11H,10H2,(H,22,25). The van der Waals surface area contributed by atoms with Crippen molar-refractivity contribution in [3.8, 4) is 11.3 Å². The number of carbonyl (C=O) groups is 1. The fourth-order valence-corrected chi connectivity index (χ4v) is 2.90. The van der Waals surface area contributed by atoms with Crippen molar-refractivity contribution in [1.82, 2.24) is 14.7 Å². The first kappa shape index (κ1) is 17.0. The number of rotatable bonds is 4. The summed E-state index contributed by atoms with van der Waals surface area (Å²) < 4.78 is 6.38. The van der Waals surface area contributed by atoms with Gasteiger partial charge in [0.2, 0.25) is 5.91 Å². The van der Waals surface area contributed by atoms with Crippen LogP contribution in [0.15, 0.2) is 70.2 Å². The summed E-state index contributed by atoms with van der Waals surface area (Å²) in [5.74, 6) is -0.377. The Hall–Kier alpha value is -3.45. The lowest BCUT2D eigenvalue weighted by molar-refractivity contribution is -0.116. The molecule has 2 heterocycles. The highest BCUT2D eigenvalue weighted by Gasteiger charge is 2.17. The molecule has 0 radical (unpaired) electrons. The van der Waals surface area contributed by atoms with E-state index in [4.69, 9.17) is 16.1 Å². The van der Waals surface area contributed by atoms with Crippen LogP contribution in [0, 0.1) is 0 Å². The van der Waals surface area contributed by atoms with Gasteiger partial charge in [0.05, 0.1) is 0 Å². The van der Waals surface area contributed by atoms with Gasteiger partial charge in [0.15, 0.2) is 0 Å². The number of anilines is 1. The van der Waals surface area contributed by atoms with Crippen molar-refractivity contribution in [3.63, 3.8) is 0 Å². The van der Waals surface area contributed by atoms with Crippen molar-refractivity contribution in [2.75, 3.05) is 5.32 Å². The third kappa shape index (κ3) is 3.45. The van der Waals surface area contributed by atoms with Gasteiger partial charge in [0, 0.05) is 16.3 Å². The topological polar surface area (TPSA) is 90.0 Å². The molecule has 0 aliphatic rings. The molecular formula is C19H13ClN4O3. The van der Waals surface area contributed by atoms with E-state index < -0.39 is 5.56 Å². The van der Waals surface area contributed by atoms with E-state index in [-0.39, 0.29) is 23.6 Å². The maximum Gasteiger partial charge on any atom is 0.267 e. The number of carbonyl (C=O) groups excluding carboxylic acids is 1. The van der Waals surface area contributed by atoms with Gasteiger partial charge in [-0.3, -0.25) is 14.2 Å². The zero-order valence-electron chi connectivity index (χ0n) is 13.9. The number of halogens is 1. The lowest BCUT2D eigenvalue weighted by Gasteiger charge is -2.07. The summed E-state index contributed by atoms with van der Waals surface area (Å²) in [6.45, 7) is -0.201. The van der Waals surface area contributed by atoms with E-state index in [1.54, 1.807) is 24.3 Å². The van der Waals surface area contributed by atoms with Crippen LogP contribution in [0.1, 0.15) is 0 Å². The molecule has 7 nitrogen and oxygen atoms in total. The van der Waals surface area contributed by atoms with E-state index >= 15 is 0 Å². The van der Waals surface area contributed by atoms with Crippen molar-refractivity contribution in [1.29, 1.82) is 0 Å². The predicted octanol–water partition coefficient (Wildman–Crippen LogP) is 3.34. The molecular weight excluding hydrogens is 368 g/mol. The van der Waals surface area contributed by atoms with Crippen LogP contribution in [0.5, 0.6) is 0 Å². The molecule has 8 heteroatoms. The monoisotopic (exact) mass is 380 g/mol. The summed E-state index contributed by atoms with van der Waals surface area (Å²) in [6, 6.07) is 15.9. The molecule has 4 aromatic rings. The highest BCUT2D eigenvalue weighted by molar-refractivity contribution is 6.30. The van der Waals surface area contributed by atoms with Crippen molar-refractivity contribution in [3.05, 3.63) is 76.3 Å². The van der Waals surface area contributed by atoms with E-state index in [0.717, 1.165) is 5.56 Å². The Morgan fingerprint density at radius 1 is 1.15 bits per heavy atom. The summed E-state index contributed by atoms with van der Waals surface area (Å²) in [5.41, 5.74) is 1.40. The Kier molecular flexibility index (Phi) is 4.43. The van der Waals surface area contributed by atoms with E-state index in [2.05, 4.69) is 15.5 Å². The lowest BCUT2D eigenvalue weighted by atomic mass is 10.1. The third-order valence-corrected chi connectivity index (χ3v) is 4.17. The van der Waals surface area contributed by atoms with Crippen LogP contribution < -0.4 is 10.9 Å². The number of amides is 1. The average Bonchev–Trinajstić information content (AvgIpc) is 3.10. The number of aromatic nitrogens is 3. The van der Waals surface area contributed by atoms with Crippen LogP contribution in [0.2, 0.25) is 5.02 Å². The zero-order valence-corrected chi connectivity index (χ0v) is 14.7. The van der Waals surface area contributed by atoms with Gasteiger partial charge in [-0.25, -0.2) is 4.98 Å². The van der Waals surface area contributed by atoms with Crippen LogP contribution in [-0.2, 0) is 11.3 Å². The van der Waals surface area contributed by atoms with Crippen LogP contribution >= 0.6 is 11.6 Å². The Labute approximate surface area is 158 Å². The summed E-state index contributed by atoms with van der Waals surface area (Å²) >= 11 is 5.91. The third-order valence-electron chi connectivity index (χ3n) is 3.93. The number of nitrogens with zero attached hydrogens (tertiary/aromatic N) is 3. The van der Waals surface area contributed by atoms with E-state index in [9.17, 15) is 9.59 Å². The summed E-state index contributed by atoms with van der Waals surface area (Å²) in [7, 11) is 0. The van der Waals surface area contributed by atoms with Crippen LogP contribution in [-0.4, -0.2) is 20.6 Å². The number of hydrogen-bond acceptors (Lipinski definition) is 5. The van der Waals surface area contributed by atoms with Crippen molar-refractivity contribution in [2.45, 2.75) is 6.54 Å². The van der Waals surface area contributed by atoms with Gasteiger partial charge in [0.25, 0.3) is 11.3 Å². The first-order valence-corrected chi connectivity index (χ1v) is 8.45. The van der Waals surface area contributed by atoms with Crippen LogP contribution in [0.3, 0.4) is 0 Å². The van der Waals surface area contributed by atoms with Crippen molar-refractivity contribution in [2.24, 2.45) is 0 Å². The van der Waals surface area contributed by atoms with Gasteiger partial charge in [-0.2, -0.15) is 0 Å². The Morgan fingerprint density at radius 2 is 1.96 bits per heavy atom. The first-order valence-electron chi connectivity index (χ1n) is 8.07. The number of hydrogen-bond donors (Lipinski definition) is 1. The van der Waals surface area contributed by atoms with Gasteiger partial charge in [-0.1, -0.05) is 53.2 Å². The molecule has 0 saturated heterocycles. The summed E-state index contributed by atoms with van der Waals surface area (Å²) in [4.78, 5) is 29.2. The van der Waals surface area contributed by atoms with Gasteiger partial charge < -0.3 is 9.84 Å². The van der Waals surface area contributed by atoms with Crippen LogP contribution in [0.4, 0.5) is 5.69 Å². The highest BCUT2D eigenvalue weighted by atomic mass is 35.5. The van der Waals surface area contributed by atoms with E-state index in [1.807, 2.05) is 30.3 Å². The molecule has 0 atom stereocenters. The Morgan fingerprint density at radius 3 is 2.74 bits per heavy atom. The molecule has 27 heavy (non-hydrogen) atoms. The van der Waals surface area contributed by atoms with E-state index in [0.29, 0.717) is 16.4 Å². The predicted molar refractivity (Wildman–Crippen MR) is 102 cm³/mol. The molecule has 0 fully saturated rings. The normalized spacial score (nSPS) is 10.9. The molecule has 1 N–H and O–H groups in total. The Bertz CT molecular complexity index is 1180. The molecule has 4 rings (SSSR count). The summed E-state index contributed by atoms with van der Waals surface area (Å²) in [6.07, 6.45) is 1.27. The molecule has 0 unspecified atom stereocenters. The first-order chi connectivity index (χ1) is 13.1. The smallest absolute Gasteiger partial charge is 0.267 e. The molecule has 0 spiro atoms. The molecule has 0 aliphatic heterocycles. The molecule has 0 saturated carbocycles. The van der Waals surface area contributed by atoms with E-state index in [1.165, 1.54) is 10.9 Å². The Balaban J connectivity index is 1.66. The number of nitrogens with one attached hydrogen (secondary N) is 1.